The van der Waals surface area contributed by atoms with Gasteiger partial charge >= 0.3 is 5.97 Å². The molecule has 0 fully saturated rings. The van der Waals surface area contributed by atoms with Crippen LogP contribution < -0.4 is 4.74 Å². The standard InChI is InChI=1S/C19H20O3/c1-3-17(19(20)21-2)13-15-9-11-18(12-10-15)22-14-16-7-5-4-6-8-16/h4-13H,3,14H2,1-2H3. The quantitative estimate of drug-likeness (QED) is 0.591. The molecule has 0 amide bonds. The van der Waals surface area contributed by atoms with E-state index in [-0.39, 0.29) is 5.97 Å². The van der Waals surface area contributed by atoms with Crippen LogP contribution in [0.2, 0.25) is 0 Å². The number of methoxy groups -OCH3 is 1. The fraction of sp³-hybridized carbons (Fsp3) is 0.211. The lowest BCUT2D eigenvalue weighted by Gasteiger charge is -2.07. The van der Waals surface area contributed by atoms with Crippen LogP contribution in [0.5, 0.6) is 5.75 Å². The van der Waals surface area contributed by atoms with Gasteiger partial charge in [0.15, 0.2) is 0 Å². The molecule has 0 saturated heterocycles. The van der Waals surface area contributed by atoms with E-state index >= 15 is 0 Å². The van der Waals surface area contributed by atoms with Gasteiger partial charge in [0, 0.05) is 5.57 Å². The average molecular weight is 296 g/mol. The number of carbonyl (C=O) groups is 1. The minimum Gasteiger partial charge on any atom is -0.489 e. The van der Waals surface area contributed by atoms with Gasteiger partial charge in [0.05, 0.1) is 7.11 Å². The Morgan fingerprint density at radius 1 is 1.05 bits per heavy atom. The fourth-order valence-electron chi connectivity index (χ4n) is 2.04. The van der Waals surface area contributed by atoms with Crippen LogP contribution in [0.1, 0.15) is 24.5 Å². The zero-order valence-electron chi connectivity index (χ0n) is 12.9. The first-order valence-corrected chi connectivity index (χ1v) is 7.28. The van der Waals surface area contributed by atoms with Crippen molar-refractivity contribution in [2.75, 3.05) is 7.11 Å². The molecule has 3 nitrogen and oxygen atoms in total. The minimum absolute atomic E-state index is 0.285. The van der Waals surface area contributed by atoms with E-state index in [1.807, 2.05) is 67.6 Å². The molecular weight excluding hydrogens is 276 g/mol. The molecule has 0 unspecified atom stereocenters. The summed E-state index contributed by atoms with van der Waals surface area (Å²) in [5.74, 6) is 0.518. The van der Waals surface area contributed by atoms with Gasteiger partial charge in [0.1, 0.15) is 12.4 Å². The van der Waals surface area contributed by atoms with Gasteiger partial charge < -0.3 is 9.47 Å². The maximum absolute atomic E-state index is 11.6. The Hall–Kier alpha value is -2.55. The molecule has 0 heterocycles. The first-order chi connectivity index (χ1) is 10.7. The first kappa shape index (κ1) is 15.8. The summed E-state index contributed by atoms with van der Waals surface area (Å²) in [5, 5.41) is 0. The number of hydrogen-bond donors (Lipinski definition) is 0. The van der Waals surface area contributed by atoms with Crippen molar-refractivity contribution in [2.45, 2.75) is 20.0 Å². The molecule has 0 N–H and O–H groups in total. The van der Waals surface area contributed by atoms with Crippen molar-refractivity contribution in [3.05, 3.63) is 71.3 Å². The van der Waals surface area contributed by atoms with E-state index in [4.69, 9.17) is 9.47 Å². The predicted octanol–water partition coefficient (Wildman–Crippen LogP) is 4.23. The molecule has 114 valence electrons. The Morgan fingerprint density at radius 2 is 1.73 bits per heavy atom. The summed E-state index contributed by atoms with van der Waals surface area (Å²) in [6, 6.07) is 17.7. The Labute approximate surface area is 131 Å². The lowest BCUT2D eigenvalue weighted by molar-refractivity contribution is -0.136. The molecule has 2 rings (SSSR count). The molecular formula is C19H20O3. The SMILES string of the molecule is CCC(=Cc1ccc(OCc2ccccc2)cc1)C(=O)OC. The lowest BCUT2D eigenvalue weighted by atomic mass is 10.1. The second-order valence-corrected chi connectivity index (χ2v) is 4.86. The van der Waals surface area contributed by atoms with Crippen LogP contribution in [0.4, 0.5) is 0 Å². The number of ether oxygens (including phenoxy) is 2. The third kappa shape index (κ3) is 4.48. The zero-order chi connectivity index (χ0) is 15.8. The molecule has 0 bridgehead atoms. The maximum Gasteiger partial charge on any atom is 0.333 e. The summed E-state index contributed by atoms with van der Waals surface area (Å²) in [4.78, 5) is 11.6. The van der Waals surface area contributed by atoms with Crippen molar-refractivity contribution in [2.24, 2.45) is 0 Å². The number of esters is 1. The van der Waals surface area contributed by atoms with Crippen molar-refractivity contribution in [3.8, 4) is 5.75 Å². The highest BCUT2D eigenvalue weighted by molar-refractivity contribution is 5.93. The second kappa shape index (κ2) is 8.03. The summed E-state index contributed by atoms with van der Waals surface area (Å²) in [6.45, 7) is 2.47. The molecule has 3 heteroatoms. The summed E-state index contributed by atoms with van der Waals surface area (Å²) in [5.41, 5.74) is 2.74. The van der Waals surface area contributed by atoms with Crippen LogP contribution in [0.3, 0.4) is 0 Å². The highest BCUT2D eigenvalue weighted by Gasteiger charge is 2.06. The van der Waals surface area contributed by atoms with Gasteiger partial charge in [0.25, 0.3) is 0 Å². The highest BCUT2D eigenvalue weighted by Crippen LogP contribution is 2.17. The smallest absolute Gasteiger partial charge is 0.333 e. The van der Waals surface area contributed by atoms with Crippen molar-refractivity contribution in [3.63, 3.8) is 0 Å². The molecule has 0 atom stereocenters. The van der Waals surface area contributed by atoms with Crippen LogP contribution >= 0.6 is 0 Å². The summed E-state index contributed by atoms with van der Waals surface area (Å²) in [7, 11) is 1.40. The second-order valence-electron chi connectivity index (χ2n) is 4.86. The molecule has 0 spiro atoms. The lowest BCUT2D eigenvalue weighted by Crippen LogP contribution is -2.03. The van der Waals surface area contributed by atoms with Gasteiger partial charge in [-0.3, -0.25) is 0 Å². The summed E-state index contributed by atoms with van der Waals surface area (Å²) in [6.07, 6.45) is 2.48. The number of benzene rings is 2. The minimum atomic E-state index is -0.285. The van der Waals surface area contributed by atoms with E-state index < -0.39 is 0 Å². The summed E-state index contributed by atoms with van der Waals surface area (Å²) >= 11 is 0. The van der Waals surface area contributed by atoms with Gasteiger partial charge in [-0.1, -0.05) is 49.4 Å². The zero-order valence-corrected chi connectivity index (χ0v) is 12.9. The Kier molecular flexibility index (Phi) is 5.78. The van der Waals surface area contributed by atoms with Crippen molar-refractivity contribution in [1.29, 1.82) is 0 Å². The molecule has 0 saturated carbocycles. The normalized spacial score (nSPS) is 11.1. The molecule has 2 aromatic rings. The van der Waals surface area contributed by atoms with Crippen molar-refractivity contribution in [1.82, 2.24) is 0 Å². The molecule has 0 radical (unpaired) electrons. The Morgan fingerprint density at radius 3 is 2.32 bits per heavy atom. The largest absolute Gasteiger partial charge is 0.489 e. The van der Waals surface area contributed by atoms with E-state index in [0.29, 0.717) is 18.6 Å². The van der Waals surface area contributed by atoms with Gasteiger partial charge in [-0.05, 0) is 35.8 Å². The van der Waals surface area contributed by atoms with E-state index in [1.165, 1.54) is 7.11 Å². The van der Waals surface area contributed by atoms with Crippen LogP contribution in [-0.2, 0) is 16.1 Å². The molecule has 22 heavy (non-hydrogen) atoms. The van der Waals surface area contributed by atoms with Crippen LogP contribution in [0.25, 0.3) is 6.08 Å². The van der Waals surface area contributed by atoms with Crippen LogP contribution in [0, 0.1) is 0 Å². The van der Waals surface area contributed by atoms with Gasteiger partial charge in [0.2, 0.25) is 0 Å². The molecule has 0 aliphatic heterocycles. The molecule has 0 aliphatic rings. The third-order valence-corrected chi connectivity index (χ3v) is 3.30. The predicted molar refractivity (Wildman–Crippen MR) is 87.5 cm³/mol. The van der Waals surface area contributed by atoms with Gasteiger partial charge in [-0.25, -0.2) is 4.79 Å². The molecule has 0 aromatic heterocycles. The Bertz CT molecular complexity index is 627. The van der Waals surface area contributed by atoms with Crippen LogP contribution in [0.15, 0.2) is 60.2 Å². The average Bonchev–Trinajstić information content (AvgIpc) is 2.59. The Balaban J connectivity index is 2.01. The topological polar surface area (TPSA) is 35.5 Å². The summed E-state index contributed by atoms with van der Waals surface area (Å²) < 4.78 is 10.5. The van der Waals surface area contributed by atoms with Crippen molar-refractivity contribution >= 4 is 12.0 Å². The first-order valence-electron chi connectivity index (χ1n) is 7.28. The van der Waals surface area contributed by atoms with E-state index in [9.17, 15) is 4.79 Å². The number of hydrogen-bond acceptors (Lipinski definition) is 3. The van der Waals surface area contributed by atoms with Gasteiger partial charge in [-0.2, -0.15) is 0 Å². The number of rotatable bonds is 6. The fourth-order valence-corrected chi connectivity index (χ4v) is 2.04. The highest BCUT2D eigenvalue weighted by atomic mass is 16.5. The number of carbonyl (C=O) groups excluding carboxylic acids is 1. The van der Waals surface area contributed by atoms with E-state index in [1.54, 1.807) is 0 Å². The third-order valence-electron chi connectivity index (χ3n) is 3.30. The van der Waals surface area contributed by atoms with E-state index in [2.05, 4.69) is 0 Å². The van der Waals surface area contributed by atoms with Crippen LogP contribution in [-0.4, -0.2) is 13.1 Å². The molecule has 2 aromatic carbocycles. The van der Waals surface area contributed by atoms with E-state index in [0.717, 1.165) is 16.9 Å². The van der Waals surface area contributed by atoms with Gasteiger partial charge in [-0.15, -0.1) is 0 Å². The maximum atomic E-state index is 11.6. The van der Waals surface area contributed by atoms with Crippen molar-refractivity contribution < 1.29 is 14.3 Å². The molecule has 0 aliphatic carbocycles. The monoisotopic (exact) mass is 296 g/mol.